The summed E-state index contributed by atoms with van der Waals surface area (Å²) < 4.78 is 5.30. The van der Waals surface area contributed by atoms with Crippen LogP contribution in [0.1, 0.15) is 30.4 Å². The van der Waals surface area contributed by atoms with Crippen LogP contribution in [0.25, 0.3) is 0 Å². The summed E-state index contributed by atoms with van der Waals surface area (Å²) in [6.45, 7) is 2.06. The van der Waals surface area contributed by atoms with Crippen LogP contribution < -0.4 is 4.74 Å². The highest BCUT2D eigenvalue weighted by molar-refractivity contribution is 5.38. The second kappa shape index (κ2) is 3.86. The van der Waals surface area contributed by atoms with Crippen LogP contribution in [0, 0.1) is 6.92 Å². The number of methoxy groups -OCH3 is 1. The average Bonchev–Trinajstić information content (AvgIpc) is 2.16. The van der Waals surface area contributed by atoms with E-state index in [0.29, 0.717) is 0 Å². The van der Waals surface area contributed by atoms with E-state index in [4.69, 9.17) is 4.74 Å². The maximum Gasteiger partial charge on any atom is 0.122 e. The van der Waals surface area contributed by atoms with E-state index in [1.165, 1.54) is 5.56 Å². The molecule has 1 saturated carbocycles. The molecular formula is C13H18O2. The van der Waals surface area contributed by atoms with Crippen LogP contribution >= 0.6 is 0 Å². The van der Waals surface area contributed by atoms with Crippen LogP contribution in [-0.4, -0.2) is 17.8 Å². The maximum atomic E-state index is 10.1. The van der Waals surface area contributed by atoms with E-state index in [-0.39, 0.29) is 0 Å². The highest BCUT2D eigenvalue weighted by Crippen LogP contribution is 2.36. The van der Waals surface area contributed by atoms with E-state index in [9.17, 15) is 5.11 Å². The third-order valence-corrected chi connectivity index (χ3v) is 3.24. The molecule has 0 aliphatic heterocycles. The minimum absolute atomic E-state index is 0.471. The zero-order valence-electron chi connectivity index (χ0n) is 9.42. The lowest BCUT2D eigenvalue weighted by atomic mass is 9.76. The minimum atomic E-state index is -0.471. The second-order valence-corrected chi connectivity index (χ2v) is 4.57. The molecule has 2 rings (SSSR count). The highest BCUT2D eigenvalue weighted by Gasteiger charge is 2.35. The Labute approximate surface area is 90.9 Å². The molecule has 0 heterocycles. The summed E-state index contributed by atoms with van der Waals surface area (Å²) in [5.41, 5.74) is 1.87. The van der Waals surface area contributed by atoms with Gasteiger partial charge in [0.2, 0.25) is 0 Å². The predicted molar refractivity (Wildman–Crippen MR) is 60.2 cm³/mol. The Morgan fingerprint density at radius 1 is 1.40 bits per heavy atom. The summed E-state index contributed by atoms with van der Waals surface area (Å²) in [7, 11) is 1.68. The number of aliphatic hydroxyl groups is 1. The first-order chi connectivity index (χ1) is 7.13. The number of aryl methyl sites for hydroxylation is 1. The zero-order chi connectivity index (χ0) is 10.9. The molecule has 2 heteroatoms. The second-order valence-electron chi connectivity index (χ2n) is 4.57. The van der Waals surface area contributed by atoms with Gasteiger partial charge in [0.05, 0.1) is 12.7 Å². The number of benzene rings is 1. The van der Waals surface area contributed by atoms with Gasteiger partial charge < -0.3 is 9.84 Å². The summed E-state index contributed by atoms with van der Waals surface area (Å²) in [6.07, 6.45) is 3.71. The number of ether oxygens (including phenoxy) is 1. The summed E-state index contributed by atoms with van der Waals surface area (Å²) in [5, 5.41) is 10.1. The molecule has 15 heavy (non-hydrogen) atoms. The van der Waals surface area contributed by atoms with E-state index in [1.807, 2.05) is 12.1 Å². The molecule has 0 amide bonds. The van der Waals surface area contributed by atoms with Crippen molar-refractivity contribution in [3.63, 3.8) is 0 Å². The van der Waals surface area contributed by atoms with Crippen LogP contribution in [0.2, 0.25) is 0 Å². The monoisotopic (exact) mass is 206 g/mol. The van der Waals surface area contributed by atoms with Crippen LogP contribution in [0.3, 0.4) is 0 Å². The molecule has 1 aliphatic rings. The van der Waals surface area contributed by atoms with Crippen LogP contribution in [-0.2, 0) is 6.42 Å². The minimum Gasteiger partial charge on any atom is -0.496 e. The van der Waals surface area contributed by atoms with Crippen molar-refractivity contribution in [2.75, 3.05) is 7.11 Å². The predicted octanol–water partition coefficient (Wildman–Crippen LogP) is 2.46. The molecule has 0 radical (unpaired) electrons. The van der Waals surface area contributed by atoms with Crippen molar-refractivity contribution in [3.8, 4) is 5.75 Å². The van der Waals surface area contributed by atoms with Gasteiger partial charge >= 0.3 is 0 Å². The van der Waals surface area contributed by atoms with Crippen molar-refractivity contribution < 1.29 is 9.84 Å². The highest BCUT2D eigenvalue weighted by atomic mass is 16.5. The Kier molecular flexibility index (Phi) is 2.70. The van der Waals surface area contributed by atoms with E-state index < -0.39 is 5.60 Å². The molecule has 2 nitrogen and oxygen atoms in total. The fourth-order valence-corrected chi connectivity index (χ4v) is 2.16. The lowest BCUT2D eigenvalue weighted by molar-refractivity contribution is -0.0326. The van der Waals surface area contributed by atoms with Crippen LogP contribution in [0.15, 0.2) is 18.2 Å². The molecule has 1 aromatic carbocycles. The van der Waals surface area contributed by atoms with Crippen LogP contribution in [0.4, 0.5) is 0 Å². The van der Waals surface area contributed by atoms with E-state index >= 15 is 0 Å². The van der Waals surface area contributed by atoms with Gasteiger partial charge in [-0.15, -0.1) is 0 Å². The number of rotatable bonds is 3. The molecule has 82 valence electrons. The first-order valence-corrected chi connectivity index (χ1v) is 5.49. The zero-order valence-corrected chi connectivity index (χ0v) is 9.42. The summed E-state index contributed by atoms with van der Waals surface area (Å²) in [5.74, 6) is 0.890. The van der Waals surface area contributed by atoms with Crippen molar-refractivity contribution in [1.82, 2.24) is 0 Å². The van der Waals surface area contributed by atoms with E-state index in [0.717, 1.165) is 37.0 Å². The average molecular weight is 206 g/mol. The van der Waals surface area contributed by atoms with Gasteiger partial charge in [-0.1, -0.05) is 17.7 Å². The Balaban J connectivity index is 2.21. The Morgan fingerprint density at radius 3 is 2.67 bits per heavy atom. The maximum absolute atomic E-state index is 10.1. The van der Waals surface area contributed by atoms with Gasteiger partial charge in [0.25, 0.3) is 0 Å². The van der Waals surface area contributed by atoms with Crippen molar-refractivity contribution >= 4 is 0 Å². The van der Waals surface area contributed by atoms with Gasteiger partial charge in [-0.2, -0.15) is 0 Å². The first kappa shape index (κ1) is 10.5. The number of hydrogen-bond acceptors (Lipinski definition) is 2. The molecule has 0 bridgehead atoms. The molecule has 0 unspecified atom stereocenters. The summed E-state index contributed by atoms with van der Waals surface area (Å²) in [6, 6.07) is 6.12. The summed E-state index contributed by atoms with van der Waals surface area (Å²) in [4.78, 5) is 0. The Morgan fingerprint density at radius 2 is 2.13 bits per heavy atom. The molecule has 1 aromatic rings. The largest absolute Gasteiger partial charge is 0.496 e. The molecule has 0 aromatic heterocycles. The smallest absolute Gasteiger partial charge is 0.122 e. The number of hydrogen-bond donors (Lipinski definition) is 1. The van der Waals surface area contributed by atoms with Crippen molar-refractivity contribution in [3.05, 3.63) is 29.3 Å². The van der Waals surface area contributed by atoms with Gasteiger partial charge in [-0.05, 0) is 37.8 Å². The van der Waals surface area contributed by atoms with Gasteiger partial charge in [0, 0.05) is 6.42 Å². The van der Waals surface area contributed by atoms with Crippen LogP contribution in [0.5, 0.6) is 5.75 Å². The first-order valence-electron chi connectivity index (χ1n) is 5.49. The molecule has 1 fully saturated rings. The quantitative estimate of drug-likeness (QED) is 0.823. The SMILES string of the molecule is COc1ccc(C)cc1CC1(O)CCC1. The molecular weight excluding hydrogens is 188 g/mol. The molecule has 1 N–H and O–H groups in total. The van der Waals surface area contributed by atoms with Gasteiger partial charge in [-0.3, -0.25) is 0 Å². The fraction of sp³-hybridized carbons (Fsp3) is 0.538. The van der Waals surface area contributed by atoms with Gasteiger partial charge in [0.15, 0.2) is 0 Å². The third kappa shape index (κ3) is 2.15. The molecule has 0 saturated heterocycles. The van der Waals surface area contributed by atoms with E-state index in [2.05, 4.69) is 13.0 Å². The standard InChI is InChI=1S/C13H18O2/c1-10-4-5-12(15-2)11(8-10)9-13(14)6-3-7-13/h4-5,8,14H,3,6-7,9H2,1-2H3. The normalized spacial score (nSPS) is 18.3. The Bertz CT molecular complexity index is 354. The topological polar surface area (TPSA) is 29.5 Å². The Hall–Kier alpha value is -1.02. The van der Waals surface area contributed by atoms with Crippen molar-refractivity contribution in [1.29, 1.82) is 0 Å². The third-order valence-electron chi connectivity index (χ3n) is 3.24. The van der Waals surface area contributed by atoms with E-state index in [1.54, 1.807) is 7.11 Å². The van der Waals surface area contributed by atoms with Crippen molar-refractivity contribution in [2.45, 2.75) is 38.2 Å². The van der Waals surface area contributed by atoms with Crippen molar-refractivity contribution in [2.24, 2.45) is 0 Å². The fourth-order valence-electron chi connectivity index (χ4n) is 2.16. The lowest BCUT2D eigenvalue weighted by Gasteiger charge is -2.37. The van der Waals surface area contributed by atoms with Gasteiger partial charge in [-0.25, -0.2) is 0 Å². The molecule has 0 atom stereocenters. The molecule has 1 aliphatic carbocycles. The van der Waals surface area contributed by atoms with Gasteiger partial charge in [0.1, 0.15) is 5.75 Å². The lowest BCUT2D eigenvalue weighted by Crippen LogP contribution is -2.39. The summed E-state index contributed by atoms with van der Waals surface area (Å²) >= 11 is 0. The molecule has 0 spiro atoms.